The number of nitrogens with zero attached hydrogens (tertiary/aromatic N) is 2. The number of methoxy groups -OCH3 is 1. The molecule has 1 aliphatic rings. The summed E-state index contributed by atoms with van der Waals surface area (Å²) in [5.74, 6) is -0.115. The lowest BCUT2D eigenvalue weighted by atomic mass is 9.94. The predicted molar refractivity (Wildman–Crippen MR) is 189 cm³/mol. The Bertz CT molecular complexity index is 1790. The van der Waals surface area contributed by atoms with Gasteiger partial charge in [0.2, 0.25) is 11.8 Å². The van der Waals surface area contributed by atoms with Crippen LogP contribution in [0, 0.1) is 13.8 Å². The molecule has 1 fully saturated rings. The number of ether oxygens (including phenoxy) is 1. The zero-order valence-corrected chi connectivity index (χ0v) is 28.8. The highest BCUT2D eigenvalue weighted by molar-refractivity contribution is 7.92. The molecule has 0 aromatic heterocycles. The van der Waals surface area contributed by atoms with Crippen LogP contribution in [0.25, 0.3) is 0 Å². The van der Waals surface area contributed by atoms with E-state index in [0.29, 0.717) is 11.4 Å². The van der Waals surface area contributed by atoms with Crippen LogP contribution in [0.1, 0.15) is 54.4 Å². The topological polar surface area (TPSA) is 96.0 Å². The fraction of sp³-hybridized carbons (Fsp3) is 0.333. The average Bonchev–Trinajstić information content (AvgIpc) is 3.11. The fourth-order valence-electron chi connectivity index (χ4n) is 6.19. The van der Waals surface area contributed by atoms with Gasteiger partial charge in [-0.15, -0.1) is 0 Å². The number of hydrogen-bond acceptors (Lipinski definition) is 5. The Kier molecular flexibility index (Phi) is 11.5. The molecule has 252 valence electrons. The van der Waals surface area contributed by atoms with Gasteiger partial charge in [-0.1, -0.05) is 86.0 Å². The first kappa shape index (κ1) is 34.7. The summed E-state index contributed by atoms with van der Waals surface area (Å²) in [5.41, 5.74) is 3.93. The Labute approximate surface area is 284 Å². The quantitative estimate of drug-likeness (QED) is 0.174. The second-order valence-corrected chi connectivity index (χ2v) is 14.4. The van der Waals surface area contributed by atoms with E-state index in [4.69, 9.17) is 4.74 Å². The summed E-state index contributed by atoms with van der Waals surface area (Å²) in [6.45, 7) is 3.45. The number of benzene rings is 4. The van der Waals surface area contributed by atoms with Crippen LogP contribution in [-0.4, -0.2) is 50.9 Å². The minimum Gasteiger partial charge on any atom is -0.497 e. The van der Waals surface area contributed by atoms with Gasteiger partial charge in [-0.2, -0.15) is 0 Å². The number of carbonyl (C=O) groups is 2. The van der Waals surface area contributed by atoms with Crippen molar-refractivity contribution in [2.75, 3.05) is 18.0 Å². The number of sulfonamides is 1. The van der Waals surface area contributed by atoms with E-state index < -0.39 is 28.5 Å². The standard InChI is InChI=1S/C39H45N3O5S/c1-29-22-23-34(24-30(29)2)42(48(45,46)36-20-11-6-12-21-36)28-38(43)41(27-32-16-13-19-35(25-32)47-3)37(26-31-14-7-4-8-15-31)39(44)40-33-17-9-5-10-18-33/h4,6-8,11-16,19-25,33,37H,5,9-10,17-18,26-28H2,1-3H3,(H,40,44)/t37-/m1/s1. The van der Waals surface area contributed by atoms with Crippen LogP contribution < -0.4 is 14.4 Å². The van der Waals surface area contributed by atoms with E-state index in [2.05, 4.69) is 5.32 Å². The van der Waals surface area contributed by atoms with Crippen molar-refractivity contribution in [3.8, 4) is 5.75 Å². The van der Waals surface area contributed by atoms with Gasteiger partial charge in [-0.3, -0.25) is 13.9 Å². The summed E-state index contributed by atoms with van der Waals surface area (Å²) in [6, 6.07) is 29.6. The van der Waals surface area contributed by atoms with Crippen molar-refractivity contribution in [3.63, 3.8) is 0 Å². The van der Waals surface area contributed by atoms with Crippen molar-refractivity contribution in [2.24, 2.45) is 0 Å². The van der Waals surface area contributed by atoms with E-state index in [0.717, 1.165) is 58.7 Å². The molecule has 2 amide bonds. The molecule has 1 saturated carbocycles. The van der Waals surface area contributed by atoms with Gasteiger partial charge in [-0.25, -0.2) is 8.42 Å². The largest absolute Gasteiger partial charge is 0.497 e. The van der Waals surface area contributed by atoms with Gasteiger partial charge in [0.25, 0.3) is 10.0 Å². The smallest absolute Gasteiger partial charge is 0.264 e. The van der Waals surface area contributed by atoms with Crippen molar-refractivity contribution >= 4 is 27.5 Å². The SMILES string of the molecule is COc1cccc(CN(C(=O)CN(c2ccc(C)c(C)c2)S(=O)(=O)c2ccccc2)[C@H](Cc2ccccc2)C(=O)NC2CCCCC2)c1. The number of anilines is 1. The predicted octanol–water partition coefficient (Wildman–Crippen LogP) is 6.60. The first-order chi connectivity index (χ1) is 23.2. The van der Waals surface area contributed by atoms with Gasteiger partial charge in [0.1, 0.15) is 18.3 Å². The first-order valence-electron chi connectivity index (χ1n) is 16.6. The molecule has 0 heterocycles. The average molecular weight is 668 g/mol. The van der Waals surface area contributed by atoms with Crippen molar-refractivity contribution in [3.05, 3.63) is 125 Å². The molecule has 5 rings (SSSR count). The molecule has 9 heteroatoms. The van der Waals surface area contributed by atoms with Crippen LogP contribution in [0.15, 0.2) is 108 Å². The van der Waals surface area contributed by atoms with Crippen LogP contribution in [-0.2, 0) is 32.6 Å². The molecule has 0 bridgehead atoms. The minimum absolute atomic E-state index is 0.0313. The zero-order valence-electron chi connectivity index (χ0n) is 28.0. The Morgan fingerprint density at radius 1 is 0.812 bits per heavy atom. The summed E-state index contributed by atoms with van der Waals surface area (Å²) in [5, 5.41) is 3.25. The molecule has 4 aromatic carbocycles. The molecule has 4 aromatic rings. The van der Waals surface area contributed by atoms with E-state index >= 15 is 0 Å². The zero-order chi connectivity index (χ0) is 34.1. The Morgan fingerprint density at radius 2 is 1.48 bits per heavy atom. The number of amides is 2. The Hall–Kier alpha value is -4.63. The van der Waals surface area contributed by atoms with E-state index in [1.165, 1.54) is 17.0 Å². The summed E-state index contributed by atoms with van der Waals surface area (Å²) < 4.78 is 35.1. The van der Waals surface area contributed by atoms with Crippen LogP contribution in [0.3, 0.4) is 0 Å². The summed E-state index contributed by atoms with van der Waals surface area (Å²) >= 11 is 0. The Morgan fingerprint density at radius 3 is 2.15 bits per heavy atom. The monoisotopic (exact) mass is 667 g/mol. The molecule has 8 nitrogen and oxygen atoms in total. The number of hydrogen-bond donors (Lipinski definition) is 1. The van der Waals surface area contributed by atoms with E-state index in [1.807, 2.05) is 74.5 Å². The van der Waals surface area contributed by atoms with E-state index in [1.54, 1.807) is 37.4 Å². The maximum absolute atomic E-state index is 14.8. The lowest BCUT2D eigenvalue weighted by Crippen LogP contribution is -2.55. The van der Waals surface area contributed by atoms with Gasteiger partial charge in [0, 0.05) is 19.0 Å². The highest BCUT2D eigenvalue weighted by Crippen LogP contribution is 2.27. The van der Waals surface area contributed by atoms with Crippen LogP contribution in [0.5, 0.6) is 5.75 Å². The normalized spacial score (nSPS) is 14.1. The second kappa shape index (κ2) is 16.0. The van der Waals surface area contributed by atoms with Gasteiger partial charge in [-0.05, 0) is 85.3 Å². The molecule has 0 aliphatic heterocycles. The number of carbonyl (C=O) groups excluding carboxylic acids is 2. The van der Waals surface area contributed by atoms with E-state index in [9.17, 15) is 18.0 Å². The van der Waals surface area contributed by atoms with Crippen LogP contribution in [0.4, 0.5) is 5.69 Å². The lowest BCUT2D eigenvalue weighted by molar-refractivity contribution is -0.140. The van der Waals surface area contributed by atoms with Crippen molar-refractivity contribution < 1.29 is 22.7 Å². The first-order valence-corrected chi connectivity index (χ1v) is 18.0. The van der Waals surface area contributed by atoms with Crippen LogP contribution >= 0.6 is 0 Å². The Balaban J connectivity index is 1.58. The van der Waals surface area contributed by atoms with Gasteiger partial charge >= 0.3 is 0 Å². The molecule has 0 spiro atoms. The van der Waals surface area contributed by atoms with Crippen molar-refractivity contribution in [2.45, 2.75) is 75.9 Å². The third-order valence-electron chi connectivity index (χ3n) is 9.10. The second-order valence-electron chi connectivity index (χ2n) is 12.5. The van der Waals surface area contributed by atoms with Crippen molar-refractivity contribution in [1.29, 1.82) is 0 Å². The third-order valence-corrected chi connectivity index (χ3v) is 10.9. The van der Waals surface area contributed by atoms with Crippen molar-refractivity contribution in [1.82, 2.24) is 10.2 Å². The summed E-state index contributed by atoms with van der Waals surface area (Å²) in [6.07, 6.45) is 5.29. The van der Waals surface area contributed by atoms with Gasteiger partial charge in [0.05, 0.1) is 17.7 Å². The number of rotatable bonds is 13. The maximum Gasteiger partial charge on any atom is 0.264 e. The fourth-order valence-corrected chi connectivity index (χ4v) is 7.62. The molecule has 0 radical (unpaired) electrons. The maximum atomic E-state index is 14.8. The molecule has 0 saturated heterocycles. The summed E-state index contributed by atoms with van der Waals surface area (Å²) in [7, 11) is -2.58. The third kappa shape index (κ3) is 8.63. The number of nitrogens with one attached hydrogen (secondary N) is 1. The summed E-state index contributed by atoms with van der Waals surface area (Å²) in [4.78, 5) is 30.6. The lowest BCUT2D eigenvalue weighted by Gasteiger charge is -2.35. The molecule has 48 heavy (non-hydrogen) atoms. The van der Waals surface area contributed by atoms with Gasteiger partial charge < -0.3 is 15.0 Å². The molecular weight excluding hydrogens is 623 g/mol. The molecule has 1 atom stereocenters. The minimum atomic E-state index is -4.16. The van der Waals surface area contributed by atoms with E-state index in [-0.39, 0.29) is 29.8 Å². The highest BCUT2D eigenvalue weighted by atomic mass is 32.2. The highest BCUT2D eigenvalue weighted by Gasteiger charge is 2.35. The molecular formula is C39H45N3O5S. The molecule has 0 unspecified atom stereocenters. The molecule has 1 N–H and O–H groups in total. The number of aryl methyl sites for hydroxylation is 2. The van der Waals surface area contributed by atoms with Gasteiger partial charge in [0.15, 0.2) is 0 Å². The van der Waals surface area contributed by atoms with Crippen LogP contribution in [0.2, 0.25) is 0 Å². The molecule has 1 aliphatic carbocycles.